The second-order valence-corrected chi connectivity index (χ2v) is 3.78. The fourth-order valence-electron chi connectivity index (χ4n) is 1.39. The molecule has 0 aliphatic heterocycles. The average Bonchev–Trinajstić information content (AvgIpc) is 2.72. The second-order valence-electron chi connectivity index (χ2n) is 3.78. The Balaban J connectivity index is 2.76. The van der Waals surface area contributed by atoms with Crippen molar-refractivity contribution in [1.82, 2.24) is 15.0 Å². The van der Waals surface area contributed by atoms with Gasteiger partial charge in [-0.2, -0.15) is 13.2 Å². The number of carbonyl (C=O) groups is 1. The molecule has 6 nitrogen and oxygen atoms in total. The molecule has 0 fully saturated rings. The minimum atomic E-state index is -4.82. The summed E-state index contributed by atoms with van der Waals surface area (Å²) >= 11 is 0. The number of hydrogen-bond acceptors (Lipinski definition) is 4. The van der Waals surface area contributed by atoms with Crippen LogP contribution in [0.5, 0.6) is 0 Å². The van der Waals surface area contributed by atoms with Gasteiger partial charge in [-0.05, 0) is 6.42 Å². The fourth-order valence-corrected chi connectivity index (χ4v) is 1.39. The predicted octanol–water partition coefficient (Wildman–Crippen LogP) is 1.81. The van der Waals surface area contributed by atoms with Crippen LogP contribution in [0.1, 0.15) is 35.9 Å². The van der Waals surface area contributed by atoms with Crippen molar-refractivity contribution >= 4 is 5.97 Å². The van der Waals surface area contributed by atoms with E-state index in [0.717, 1.165) is 12.8 Å². The Morgan fingerprint density at radius 1 is 1.42 bits per heavy atom. The first kappa shape index (κ1) is 15.4. The van der Waals surface area contributed by atoms with Crippen LogP contribution in [0.25, 0.3) is 0 Å². The highest BCUT2D eigenvalue weighted by atomic mass is 19.4. The Bertz CT molecular complexity index is 431. The molecule has 1 rings (SSSR count). The summed E-state index contributed by atoms with van der Waals surface area (Å²) in [6, 6.07) is 0. The van der Waals surface area contributed by atoms with Crippen molar-refractivity contribution in [2.24, 2.45) is 0 Å². The van der Waals surface area contributed by atoms with Crippen molar-refractivity contribution in [1.29, 1.82) is 0 Å². The van der Waals surface area contributed by atoms with Crippen molar-refractivity contribution in [3.05, 3.63) is 11.4 Å². The van der Waals surface area contributed by atoms with E-state index in [4.69, 9.17) is 9.84 Å². The third kappa shape index (κ3) is 4.19. The molecule has 108 valence electrons. The van der Waals surface area contributed by atoms with Crippen molar-refractivity contribution in [2.75, 3.05) is 13.2 Å². The van der Waals surface area contributed by atoms with Gasteiger partial charge >= 0.3 is 12.1 Å². The lowest BCUT2D eigenvalue weighted by molar-refractivity contribution is -0.145. The maximum absolute atomic E-state index is 12.7. The summed E-state index contributed by atoms with van der Waals surface area (Å²) in [5.41, 5.74) is -2.46. The van der Waals surface area contributed by atoms with Crippen LogP contribution in [-0.4, -0.2) is 39.3 Å². The quantitative estimate of drug-likeness (QED) is 0.771. The van der Waals surface area contributed by atoms with Gasteiger partial charge in [-0.1, -0.05) is 18.6 Å². The molecule has 0 aromatic carbocycles. The zero-order valence-electron chi connectivity index (χ0n) is 10.3. The summed E-state index contributed by atoms with van der Waals surface area (Å²) in [5, 5.41) is 14.9. The first-order valence-electron chi connectivity index (χ1n) is 5.69. The van der Waals surface area contributed by atoms with E-state index in [1.807, 2.05) is 6.92 Å². The first-order chi connectivity index (χ1) is 8.88. The number of nitrogens with zero attached hydrogens (tertiary/aromatic N) is 3. The van der Waals surface area contributed by atoms with E-state index in [0.29, 0.717) is 11.3 Å². The van der Waals surface area contributed by atoms with Crippen LogP contribution in [0, 0.1) is 0 Å². The molecule has 9 heteroatoms. The van der Waals surface area contributed by atoms with E-state index in [9.17, 15) is 18.0 Å². The highest BCUT2D eigenvalue weighted by Crippen LogP contribution is 2.30. The number of hydrogen-bond donors (Lipinski definition) is 1. The lowest BCUT2D eigenvalue weighted by Crippen LogP contribution is -2.20. The molecule has 0 amide bonds. The van der Waals surface area contributed by atoms with Gasteiger partial charge in [0, 0.05) is 6.61 Å². The van der Waals surface area contributed by atoms with Gasteiger partial charge in [-0.25, -0.2) is 9.48 Å². The highest BCUT2D eigenvalue weighted by Gasteiger charge is 2.41. The maximum atomic E-state index is 12.7. The molecule has 0 unspecified atom stereocenters. The summed E-state index contributed by atoms with van der Waals surface area (Å²) in [5.74, 6) is -1.76. The topological polar surface area (TPSA) is 77.2 Å². The molecule has 1 heterocycles. The standard InChI is InChI=1S/C10H14F3N3O3/c1-2-3-5-19-6-4-16-8(10(11,12)13)7(9(17)18)14-15-16/h2-6H2,1H3,(H,17,18). The van der Waals surface area contributed by atoms with Gasteiger partial charge in [-0.3, -0.25) is 0 Å². The van der Waals surface area contributed by atoms with Crippen LogP contribution < -0.4 is 0 Å². The Labute approximate surface area is 107 Å². The lowest BCUT2D eigenvalue weighted by Gasteiger charge is -2.10. The van der Waals surface area contributed by atoms with Crippen molar-refractivity contribution in [3.63, 3.8) is 0 Å². The average molecular weight is 281 g/mol. The number of aromatic carboxylic acids is 1. The van der Waals surface area contributed by atoms with Gasteiger partial charge in [0.1, 0.15) is 0 Å². The van der Waals surface area contributed by atoms with Gasteiger partial charge in [0.2, 0.25) is 5.69 Å². The number of ether oxygens (including phenoxy) is 1. The molecule has 1 aromatic heterocycles. The molecule has 0 atom stereocenters. The Morgan fingerprint density at radius 3 is 2.63 bits per heavy atom. The zero-order chi connectivity index (χ0) is 14.5. The summed E-state index contributed by atoms with van der Waals surface area (Å²) in [6.07, 6.45) is -3.09. The van der Waals surface area contributed by atoms with E-state index >= 15 is 0 Å². The molecular weight excluding hydrogens is 267 g/mol. The van der Waals surface area contributed by atoms with Gasteiger partial charge < -0.3 is 9.84 Å². The summed E-state index contributed by atoms with van der Waals surface area (Å²) in [6.45, 7) is 2.23. The summed E-state index contributed by atoms with van der Waals surface area (Å²) < 4.78 is 43.8. The molecule has 0 radical (unpaired) electrons. The van der Waals surface area contributed by atoms with E-state index in [1.54, 1.807) is 0 Å². The van der Waals surface area contributed by atoms with Crippen LogP contribution in [-0.2, 0) is 17.5 Å². The Hall–Kier alpha value is -1.64. The van der Waals surface area contributed by atoms with Gasteiger partial charge in [0.15, 0.2) is 5.69 Å². The van der Waals surface area contributed by atoms with Crippen LogP contribution in [0.4, 0.5) is 13.2 Å². The van der Waals surface area contributed by atoms with E-state index in [-0.39, 0.29) is 13.2 Å². The molecule has 0 bridgehead atoms. The Kier molecular flexibility index (Phi) is 5.28. The van der Waals surface area contributed by atoms with E-state index in [1.165, 1.54) is 0 Å². The third-order valence-electron chi connectivity index (χ3n) is 2.30. The summed E-state index contributed by atoms with van der Waals surface area (Å²) in [7, 11) is 0. The third-order valence-corrected chi connectivity index (χ3v) is 2.30. The van der Waals surface area contributed by atoms with Crippen LogP contribution in [0.3, 0.4) is 0 Å². The number of carboxylic acid groups (broad SMARTS) is 1. The van der Waals surface area contributed by atoms with Crippen LogP contribution >= 0.6 is 0 Å². The highest BCUT2D eigenvalue weighted by molar-refractivity contribution is 5.86. The number of carboxylic acids is 1. The largest absolute Gasteiger partial charge is 0.476 e. The minimum absolute atomic E-state index is 0.0193. The predicted molar refractivity (Wildman–Crippen MR) is 57.7 cm³/mol. The number of alkyl halides is 3. The molecule has 0 saturated carbocycles. The first-order valence-corrected chi connectivity index (χ1v) is 5.69. The molecule has 1 N–H and O–H groups in total. The summed E-state index contributed by atoms with van der Waals surface area (Å²) in [4.78, 5) is 10.6. The van der Waals surface area contributed by atoms with Crippen molar-refractivity contribution in [2.45, 2.75) is 32.5 Å². The molecule has 0 spiro atoms. The van der Waals surface area contributed by atoms with Gasteiger partial charge in [0.05, 0.1) is 13.2 Å². The monoisotopic (exact) mass is 281 g/mol. The fraction of sp³-hybridized carbons (Fsp3) is 0.700. The lowest BCUT2D eigenvalue weighted by atomic mass is 10.3. The zero-order valence-corrected chi connectivity index (χ0v) is 10.3. The van der Waals surface area contributed by atoms with Crippen LogP contribution in [0.2, 0.25) is 0 Å². The Morgan fingerprint density at radius 2 is 2.11 bits per heavy atom. The van der Waals surface area contributed by atoms with Crippen LogP contribution in [0.15, 0.2) is 0 Å². The van der Waals surface area contributed by atoms with E-state index < -0.39 is 23.5 Å². The smallest absolute Gasteiger partial charge is 0.435 e. The number of aromatic nitrogens is 3. The molecule has 0 aliphatic rings. The molecule has 19 heavy (non-hydrogen) atoms. The maximum Gasteiger partial charge on any atom is 0.435 e. The molecule has 0 aliphatic carbocycles. The number of rotatable bonds is 7. The SMILES string of the molecule is CCCCOCCn1nnc(C(=O)O)c1C(F)(F)F. The number of halogens is 3. The minimum Gasteiger partial charge on any atom is -0.476 e. The second kappa shape index (κ2) is 6.50. The van der Waals surface area contributed by atoms with Gasteiger partial charge in [0.25, 0.3) is 0 Å². The normalized spacial score (nSPS) is 11.8. The van der Waals surface area contributed by atoms with Crippen molar-refractivity contribution < 1.29 is 27.8 Å². The molecule has 0 saturated heterocycles. The number of unbranched alkanes of at least 4 members (excludes halogenated alkanes) is 1. The molecular formula is C10H14F3N3O3. The molecule has 1 aromatic rings. The van der Waals surface area contributed by atoms with Gasteiger partial charge in [-0.15, -0.1) is 5.10 Å². The van der Waals surface area contributed by atoms with Crippen molar-refractivity contribution in [3.8, 4) is 0 Å². The van der Waals surface area contributed by atoms with E-state index in [2.05, 4.69) is 10.3 Å².